The lowest BCUT2D eigenvalue weighted by Crippen LogP contribution is -2.31. The third-order valence-corrected chi connectivity index (χ3v) is 4.03. The number of carbonyl (C=O) groups excluding carboxylic acids is 2. The summed E-state index contributed by atoms with van der Waals surface area (Å²) in [4.78, 5) is 26.2. The lowest BCUT2D eigenvalue weighted by atomic mass is 10.1. The minimum atomic E-state index is -0.449. The number of esters is 1. The molecule has 1 aliphatic heterocycles. The molecule has 0 aliphatic carbocycles. The van der Waals surface area contributed by atoms with Gasteiger partial charge in [-0.15, -0.1) is 0 Å². The summed E-state index contributed by atoms with van der Waals surface area (Å²) in [6.45, 7) is 3.44. The number of nitrogens with zero attached hydrogens (tertiary/aromatic N) is 1. The van der Waals surface area contributed by atoms with Gasteiger partial charge >= 0.3 is 5.97 Å². The van der Waals surface area contributed by atoms with Crippen LogP contribution in [0.3, 0.4) is 0 Å². The van der Waals surface area contributed by atoms with Crippen molar-refractivity contribution in [3.63, 3.8) is 0 Å². The van der Waals surface area contributed by atoms with E-state index in [2.05, 4.69) is 0 Å². The molecule has 2 aromatic rings. The Morgan fingerprint density at radius 3 is 2.67 bits per heavy atom. The van der Waals surface area contributed by atoms with E-state index in [0.29, 0.717) is 36.6 Å². The van der Waals surface area contributed by atoms with Crippen LogP contribution in [-0.2, 0) is 11.3 Å². The molecule has 0 unspecified atom stereocenters. The second kappa shape index (κ2) is 6.74. The Labute approximate surface area is 140 Å². The highest BCUT2D eigenvalue weighted by atomic mass is 16.5. The first-order chi connectivity index (χ1) is 11.6. The minimum absolute atomic E-state index is 0.0977. The maximum absolute atomic E-state index is 12.8. The number of ether oxygens (including phenoxy) is 2. The molecule has 1 aliphatic rings. The largest absolute Gasteiger partial charge is 0.491 e. The van der Waals surface area contributed by atoms with E-state index in [9.17, 15) is 9.59 Å². The van der Waals surface area contributed by atoms with E-state index in [1.165, 1.54) is 12.7 Å². The molecule has 0 atom stereocenters. The Kier molecular flexibility index (Phi) is 4.51. The van der Waals surface area contributed by atoms with Crippen molar-refractivity contribution in [2.45, 2.75) is 13.5 Å². The quantitative estimate of drug-likeness (QED) is 0.814. The molecule has 0 radical (unpaired) electrons. The van der Waals surface area contributed by atoms with Gasteiger partial charge in [0.15, 0.2) is 0 Å². The Balaban J connectivity index is 1.85. The molecule has 0 aromatic heterocycles. The van der Waals surface area contributed by atoms with Crippen molar-refractivity contribution in [2.75, 3.05) is 20.3 Å². The first-order valence-electron chi connectivity index (χ1n) is 7.78. The summed E-state index contributed by atoms with van der Waals surface area (Å²) in [5.41, 5.74) is 3.09. The van der Waals surface area contributed by atoms with Gasteiger partial charge in [-0.25, -0.2) is 4.79 Å². The highest BCUT2D eigenvalue weighted by Gasteiger charge is 2.24. The second-order valence-electron chi connectivity index (χ2n) is 5.76. The number of methoxy groups -OCH3 is 1. The standard InChI is InChI=1S/C19H19NO4/c1-13-3-5-14(6-4-13)12-20-9-10-24-17-11-15(19(22)23-2)7-8-16(17)18(20)21/h3-8,11H,9-10,12H2,1-2H3. The van der Waals surface area contributed by atoms with Gasteiger partial charge in [0.2, 0.25) is 0 Å². The first-order valence-corrected chi connectivity index (χ1v) is 7.78. The molecule has 0 spiro atoms. The molecule has 3 rings (SSSR count). The molecule has 2 aromatic carbocycles. The van der Waals surface area contributed by atoms with Gasteiger partial charge in [-0.1, -0.05) is 29.8 Å². The number of rotatable bonds is 3. The van der Waals surface area contributed by atoms with Gasteiger partial charge in [0.05, 0.1) is 24.8 Å². The van der Waals surface area contributed by atoms with Gasteiger partial charge in [-0.3, -0.25) is 4.79 Å². The molecule has 0 saturated carbocycles. The summed E-state index contributed by atoms with van der Waals surface area (Å²) < 4.78 is 10.4. The molecule has 0 bridgehead atoms. The molecule has 5 heteroatoms. The zero-order valence-electron chi connectivity index (χ0n) is 13.7. The van der Waals surface area contributed by atoms with Crippen LogP contribution < -0.4 is 4.74 Å². The summed E-state index contributed by atoms with van der Waals surface area (Å²) in [7, 11) is 1.32. The second-order valence-corrected chi connectivity index (χ2v) is 5.76. The Morgan fingerprint density at radius 2 is 1.96 bits per heavy atom. The molecule has 1 heterocycles. The number of amides is 1. The van der Waals surface area contributed by atoms with Gasteiger partial charge < -0.3 is 14.4 Å². The van der Waals surface area contributed by atoms with Crippen molar-refractivity contribution in [1.29, 1.82) is 0 Å². The van der Waals surface area contributed by atoms with Gasteiger partial charge in [0.25, 0.3) is 5.91 Å². The fourth-order valence-corrected chi connectivity index (χ4v) is 2.67. The van der Waals surface area contributed by atoms with Crippen LogP contribution in [0.5, 0.6) is 5.75 Å². The normalized spacial score (nSPS) is 13.8. The zero-order chi connectivity index (χ0) is 17.1. The average molecular weight is 325 g/mol. The van der Waals surface area contributed by atoms with E-state index in [0.717, 1.165) is 5.56 Å². The SMILES string of the molecule is COC(=O)c1ccc2c(c1)OCCN(Cc1ccc(C)cc1)C2=O. The number of aryl methyl sites for hydroxylation is 1. The molecule has 124 valence electrons. The van der Waals surface area contributed by atoms with Crippen molar-refractivity contribution >= 4 is 11.9 Å². The van der Waals surface area contributed by atoms with Crippen LogP contribution in [0.4, 0.5) is 0 Å². The Hall–Kier alpha value is -2.82. The fraction of sp³-hybridized carbons (Fsp3) is 0.263. The number of hydrogen-bond acceptors (Lipinski definition) is 4. The lowest BCUT2D eigenvalue weighted by Gasteiger charge is -2.20. The third kappa shape index (κ3) is 3.25. The first kappa shape index (κ1) is 16.1. The summed E-state index contributed by atoms with van der Waals surface area (Å²) in [5, 5.41) is 0. The monoisotopic (exact) mass is 325 g/mol. The van der Waals surface area contributed by atoms with Crippen molar-refractivity contribution in [3.05, 3.63) is 64.7 Å². The van der Waals surface area contributed by atoms with Crippen LogP contribution in [-0.4, -0.2) is 37.0 Å². The molecule has 5 nitrogen and oxygen atoms in total. The zero-order valence-corrected chi connectivity index (χ0v) is 13.7. The van der Waals surface area contributed by atoms with Crippen molar-refractivity contribution in [1.82, 2.24) is 4.90 Å². The van der Waals surface area contributed by atoms with Gasteiger partial charge in [0, 0.05) is 6.54 Å². The van der Waals surface area contributed by atoms with Crippen molar-refractivity contribution in [2.24, 2.45) is 0 Å². The van der Waals surface area contributed by atoms with Crippen molar-refractivity contribution in [3.8, 4) is 5.75 Å². The Bertz CT molecular complexity index is 767. The van der Waals surface area contributed by atoms with Gasteiger partial charge in [0.1, 0.15) is 12.4 Å². The number of hydrogen-bond donors (Lipinski definition) is 0. The van der Waals surface area contributed by atoms with Crippen LogP contribution >= 0.6 is 0 Å². The number of carbonyl (C=O) groups is 2. The molecule has 24 heavy (non-hydrogen) atoms. The summed E-state index contributed by atoms with van der Waals surface area (Å²) >= 11 is 0. The Morgan fingerprint density at radius 1 is 1.21 bits per heavy atom. The lowest BCUT2D eigenvalue weighted by molar-refractivity contribution is 0.0599. The molecule has 0 saturated heterocycles. The topological polar surface area (TPSA) is 55.8 Å². The highest BCUT2D eigenvalue weighted by molar-refractivity contribution is 5.99. The molecular formula is C19H19NO4. The van der Waals surface area contributed by atoms with Crippen LogP contribution in [0, 0.1) is 6.92 Å². The molecule has 1 amide bonds. The van der Waals surface area contributed by atoms with Gasteiger partial charge in [-0.05, 0) is 30.7 Å². The predicted octanol–water partition coefficient (Wildman–Crippen LogP) is 2.82. The summed E-state index contributed by atoms with van der Waals surface area (Å²) in [5.74, 6) is -0.122. The van der Waals surface area contributed by atoms with Crippen LogP contribution in [0.2, 0.25) is 0 Å². The third-order valence-electron chi connectivity index (χ3n) is 4.03. The minimum Gasteiger partial charge on any atom is -0.491 e. The molecule has 0 fully saturated rings. The number of benzene rings is 2. The fourth-order valence-electron chi connectivity index (χ4n) is 2.67. The maximum atomic E-state index is 12.8. The van der Waals surface area contributed by atoms with Crippen molar-refractivity contribution < 1.29 is 19.1 Å². The smallest absolute Gasteiger partial charge is 0.337 e. The summed E-state index contributed by atoms with van der Waals surface area (Å²) in [6, 6.07) is 12.9. The van der Waals surface area contributed by atoms with E-state index in [1.807, 2.05) is 31.2 Å². The molecular weight excluding hydrogens is 306 g/mol. The van der Waals surface area contributed by atoms with Crippen LogP contribution in [0.25, 0.3) is 0 Å². The molecule has 0 N–H and O–H groups in total. The highest BCUT2D eigenvalue weighted by Crippen LogP contribution is 2.26. The van der Waals surface area contributed by atoms with Crippen LogP contribution in [0.1, 0.15) is 31.8 Å². The van der Waals surface area contributed by atoms with Gasteiger partial charge in [-0.2, -0.15) is 0 Å². The summed E-state index contributed by atoms with van der Waals surface area (Å²) in [6.07, 6.45) is 0. The average Bonchev–Trinajstić information content (AvgIpc) is 2.75. The van der Waals surface area contributed by atoms with E-state index < -0.39 is 5.97 Å². The van der Waals surface area contributed by atoms with E-state index in [-0.39, 0.29) is 5.91 Å². The van der Waals surface area contributed by atoms with E-state index in [1.54, 1.807) is 23.1 Å². The van der Waals surface area contributed by atoms with E-state index >= 15 is 0 Å². The van der Waals surface area contributed by atoms with E-state index in [4.69, 9.17) is 9.47 Å². The van der Waals surface area contributed by atoms with Crippen LogP contribution in [0.15, 0.2) is 42.5 Å². The predicted molar refractivity (Wildman–Crippen MR) is 89.2 cm³/mol. The number of fused-ring (bicyclic) bond motifs is 1. The maximum Gasteiger partial charge on any atom is 0.337 e.